The summed E-state index contributed by atoms with van der Waals surface area (Å²) in [5.74, 6) is 1.04. The number of carbonyl (C=O) groups is 4. The largest absolute Gasteiger partial charge is 0.472 e. The van der Waals surface area contributed by atoms with Crippen LogP contribution in [0.3, 0.4) is 0 Å². The third kappa shape index (κ3) is 78.7. The smallest absolute Gasteiger partial charge is 0.462 e. The molecule has 0 radical (unpaired) electrons. The first-order chi connectivity index (χ1) is 51.1. The zero-order valence-corrected chi connectivity index (χ0v) is 71.9. The van der Waals surface area contributed by atoms with E-state index >= 15 is 0 Å². The van der Waals surface area contributed by atoms with Crippen molar-refractivity contribution in [3.05, 3.63) is 0 Å². The Bertz CT molecular complexity index is 2060. The van der Waals surface area contributed by atoms with Gasteiger partial charge < -0.3 is 33.8 Å². The SMILES string of the molecule is CCC(C)CCCCCCCCCCCCCCCCC(=O)OC[C@H](COP(=O)(O)OCC(O)COP(=O)(O)OC[C@@H](COC(=O)CCCCCCCCC(C)C)OC(=O)CCCCCCCCCCCCCCCCCC(C)C)OC(=O)CCCCCCCCCCCCCCCCCCCCC(C)C. The van der Waals surface area contributed by atoms with E-state index in [4.69, 9.17) is 37.0 Å². The molecule has 106 heavy (non-hydrogen) atoms. The summed E-state index contributed by atoms with van der Waals surface area (Å²) < 4.78 is 68.9. The lowest BCUT2D eigenvalue weighted by molar-refractivity contribution is -0.161. The predicted molar refractivity (Wildman–Crippen MR) is 437 cm³/mol. The number of esters is 4. The molecule has 0 bridgehead atoms. The Balaban J connectivity index is 5.21. The molecule has 0 saturated heterocycles. The van der Waals surface area contributed by atoms with Crippen LogP contribution in [-0.2, 0) is 65.4 Å². The lowest BCUT2D eigenvalue weighted by Crippen LogP contribution is -2.30. The van der Waals surface area contributed by atoms with Gasteiger partial charge in [0, 0.05) is 25.7 Å². The maximum atomic E-state index is 13.2. The zero-order chi connectivity index (χ0) is 78.1. The Morgan fingerprint density at radius 2 is 0.453 bits per heavy atom. The molecule has 0 rings (SSSR count). The van der Waals surface area contributed by atoms with Gasteiger partial charge in [0.05, 0.1) is 26.4 Å². The maximum absolute atomic E-state index is 13.2. The van der Waals surface area contributed by atoms with E-state index in [0.29, 0.717) is 31.6 Å². The molecule has 0 spiro atoms. The van der Waals surface area contributed by atoms with Crippen LogP contribution < -0.4 is 0 Å². The van der Waals surface area contributed by atoms with Gasteiger partial charge in [-0.05, 0) is 49.4 Å². The number of ether oxygens (including phenoxy) is 4. The van der Waals surface area contributed by atoms with Gasteiger partial charge in [-0.2, -0.15) is 0 Å². The Morgan fingerprint density at radius 3 is 0.670 bits per heavy atom. The van der Waals surface area contributed by atoms with Crippen LogP contribution >= 0.6 is 15.6 Å². The Labute approximate surface area is 651 Å². The summed E-state index contributed by atoms with van der Waals surface area (Å²) in [6.45, 7) is 14.3. The number of hydrogen-bond donors (Lipinski definition) is 3. The minimum atomic E-state index is -4.97. The topological polar surface area (TPSA) is 237 Å². The number of phosphoric ester groups is 2. The molecule has 0 aromatic carbocycles. The molecular formula is C87H170O17P2. The van der Waals surface area contributed by atoms with Crippen molar-refractivity contribution in [1.29, 1.82) is 0 Å². The highest BCUT2D eigenvalue weighted by atomic mass is 31.2. The first kappa shape index (κ1) is 104. The van der Waals surface area contributed by atoms with E-state index in [1.165, 1.54) is 250 Å². The Kier molecular flexibility index (Phi) is 74.3. The molecule has 0 amide bonds. The second-order valence-electron chi connectivity index (χ2n) is 33.0. The van der Waals surface area contributed by atoms with Gasteiger partial charge in [-0.1, -0.05) is 402 Å². The second kappa shape index (κ2) is 75.7. The van der Waals surface area contributed by atoms with E-state index in [1.807, 2.05) is 0 Å². The molecule has 0 aliphatic heterocycles. The number of carbonyl (C=O) groups excluding carboxylic acids is 4. The molecule has 3 N–H and O–H groups in total. The summed E-state index contributed by atoms with van der Waals surface area (Å²) in [7, 11) is -9.93. The normalized spacial score (nSPS) is 14.2. The van der Waals surface area contributed by atoms with Gasteiger partial charge in [0.15, 0.2) is 12.2 Å². The molecule has 6 atom stereocenters. The van der Waals surface area contributed by atoms with Crippen molar-refractivity contribution in [1.82, 2.24) is 0 Å². The summed E-state index contributed by atoms with van der Waals surface area (Å²) >= 11 is 0. The fourth-order valence-electron chi connectivity index (χ4n) is 13.5. The van der Waals surface area contributed by atoms with Crippen LogP contribution in [0.2, 0.25) is 0 Å². The number of unbranched alkanes of at least 4 members (excludes halogenated alkanes) is 49. The summed E-state index contributed by atoms with van der Waals surface area (Å²) in [4.78, 5) is 73.2. The first-order valence-corrected chi connectivity index (χ1v) is 47.7. The molecule has 19 heteroatoms. The van der Waals surface area contributed by atoms with Crippen molar-refractivity contribution in [3.63, 3.8) is 0 Å². The number of aliphatic hydroxyl groups is 1. The molecule has 0 heterocycles. The number of rotatable bonds is 84. The molecule has 0 aliphatic rings. The zero-order valence-electron chi connectivity index (χ0n) is 70.1. The Morgan fingerprint density at radius 1 is 0.264 bits per heavy atom. The average Bonchev–Trinajstić information content (AvgIpc) is 0.898. The van der Waals surface area contributed by atoms with Gasteiger partial charge in [0.1, 0.15) is 19.3 Å². The summed E-state index contributed by atoms with van der Waals surface area (Å²) in [5.41, 5.74) is 0. The highest BCUT2D eigenvalue weighted by Crippen LogP contribution is 2.45. The molecule has 0 aliphatic carbocycles. The summed E-state index contributed by atoms with van der Waals surface area (Å²) in [5, 5.41) is 10.7. The van der Waals surface area contributed by atoms with Crippen LogP contribution in [0.25, 0.3) is 0 Å². The summed E-state index contributed by atoms with van der Waals surface area (Å²) in [6.07, 6.45) is 65.4. The molecule has 17 nitrogen and oxygen atoms in total. The minimum Gasteiger partial charge on any atom is -0.462 e. The summed E-state index contributed by atoms with van der Waals surface area (Å²) in [6, 6.07) is 0. The van der Waals surface area contributed by atoms with Gasteiger partial charge >= 0.3 is 39.5 Å². The lowest BCUT2D eigenvalue weighted by Gasteiger charge is -2.21. The van der Waals surface area contributed by atoms with Gasteiger partial charge in [-0.15, -0.1) is 0 Å². The first-order valence-electron chi connectivity index (χ1n) is 44.7. The standard InChI is InChI=1S/C87H170O17P2/c1-9-80(8)66-58-50-41-35-29-23-19-20-24-30-36-42-51-59-67-84(89)97-73-82(103-86(91)69-61-53-43-37-31-25-17-13-11-10-12-15-21-27-33-39-47-55-63-77(2)3)75-101-105(93,94)99-71-81(88)72-100-106(95,96)102-76-83(74-98-85(90)68-60-52-46-45-49-57-65-79(6)7)104-87(92)70-62-54-44-38-32-26-18-14-16-22-28-34-40-48-56-64-78(4)5/h77-83,88H,9-76H2,1-8H3,(H,93,94)(H,95,96)/t80?,81?,82-,83-/m1/s1. The fraction of sp³-hybridized carbons (Fsp3) is 0.954. The molecule has 630 valence electrons. The molecule has 0 aromatic rings. The molecule has 4 unspecified atom stereocenters. The van der Waals surface area contributed by atoms with Gasteiger partial charge in [-0.25, -0.2) is 9.13 Å². The Hall–Kier alpha value is -1.94. The quantitative estimate of drug-likeness (QED) is 0.0222. The van der Waals surface area contributed by atoms with E-state index in [2.05, 4.69) is 55.4 Å². The fourth-order valence-corrected chi connectivity index (χ4v) is 15.0. The molecule has 0 fully saturated rings. The minimum absolute atomic E-state index is 0.107. The predicted octanol–water partition coefficient (Wildman–Crippen LogP) is 26.3. The molecule has 0 aromatic heterocycles. The van der Waals surface area contributed by atoms with E-state index in [9.17, 15) is 43.2 Å². The van der Waals surface area contributed by atoms with E-state index < -0.39 is 97.5 Å². The van der Waals surface area contributed by atoms with Crippen LogP contribution in [0.5, 0.6) is 0 Å². The van der Waals surface area contributed by atoms with Crippen molar-refractivity contribution in [3.8, 4) is 0 Å². The van der Waals surface area contributed by atoms with Crippen molar-refractivity contribution < 1.29 is 80.2 Å². The third-order valence-corrected chi connectivity index (χ3v) is 22.6. The number of aliphatic hydroxyl groups excluding tert-OH is 1. The molecule has 0 saturated carbocycles. The maximum Gasteiger partial charge on any atom is 0.472 e. The average molecular weight is 1550 g/mol. The van der Waals surface area contributed by atoms with E-state index in [-0.39, 0.29) is 25.7 Å². The monoisotopic (exact) mass is 1550 g/mol. The van der Waals surface area contributed by atoms with Crippen LogP contribution in [0.15, 0.2) is 0 Å². The van der Waals surface area contributed by atoms with Crippen molar-refractivity contribution in [2.45, 2.75) is 472 Å². The van der Waals surface area contributed by atoms with Crippen molar-refractivity contribution >= 4 is 39.5 Å². The van der Waals surface area contributed by atoms with Gasteiger partial charge in [-0.3, -0.25) is 37.3 Å². The van der Waals surface area contributed by atoms with Crippen LogP contribution in [-0.4, -0.2) is 96.7 Å². The lowest BCUT2D eigenvalue weighted by atomic mass is 9.99. The van der Waals surface area contributed by atoms with Crippen LogP contribution in [0.1, 0.15) is 453 Å². The second-order valence-corrected chi connectivity index (χ2v) is 35.9. The highest BCUT2D eigenvalue weighted by molar-refractivity contribution is 7.47. The van der Waals surface area contributed by atoms with E-state index in [1.54, 1.807) is 0 Å². The van der Waals surface area contributed by atoms with E-state index in [0.717, 1.165) is 114 Å². The number of phosphoric acid groups is 2. The van der Waals surface area contributed by atoms with Crippen molar-refractivity contribution in [2.24, 2.45) is 23.7 Å². The molecular weight excluding hydrogens is 1380 g/mol. The van der Waals surface area contributed by atoms with Crippen LogP contribution in [0, 0.1) is 23.7 Å². The number of hydrogen-bond acceptors (Lipinski definition) is 15. The van der Waals surface area contributed by atoms with Gasteiger partial charge in [0.25, 0.3) is 0 Å². The third-order valence-electron chi connectivity index (χ3n) is 20.7. The van der Waals surface area contributed by atoms with Crippen molar-refractivity contribution in [2.75, 3.05) is 39.6 Å². The highest BCUT2D eigenvalue weighted by Gasteiger charge is 2.31. The van der Waals surface area contributed by atoms with Gasteiger partial charge in [0.2, 0.25) is 0 Å². The van der Waals surface area contributed by atoms with Crippen LogP contribution in [0.4, 0.5) is 0 Å².